The van der Waals surface area contributed by atoms with E-state index in [1.165, 1.54) is 17.7 Å². The van der Waals surface area contributed by atoms with E-state index in [-0.39, 0.29) is 10.8 Å². The lowest BCUT2D eigenvalue weighted by molar-refractivity contribution is -0.132. The Hall–Kier alpha value is -2.18. The molecule has 1 aliphatic carbocycles. The number of hydrogen-bond donors (Lipinski definition) is 1. The third-order valence-electron chi connectivity index (χ3n) is 4.66. The van der Waals surface area contributed by atoms with E-state index in [4.69, 9.17) is 5.14 Å². The molecule has 138 valence electrons. The van der Waals surface area contributed by atoms with E-state index in [2.05, 4.69) is 31.2 Å². The van der Waals surface area contributed by atoms with Crippen LogP contribution in [-0.2, 0) is 27.8 Å². The Morgan fingerprint density at radius 2 is 1.62 bits per heavy atom. The lowest BCUT2D eigenvalue weighted by Crippen LogP contribution is -2.32. The minimum atomic E-state index is -3.68. The first-order chi connectivity index (χ1) is 12.3. The number of primary sulfonamides is 1. The molecule has 2 N–H and O–H groups in total. The summed E-state index contributed by atoms with van der Waals surface area (Å²) < 4.78 is 22.6. The van der Waals surface area contributed by atoms with Gasteiger partial charge in [0.15, 0.2) is 0 Å². The van der Waals surface area contributed by atoms with Crippen molar-refractivity contribution in [3.63, 3.8) is 0 Å². The van der Waals surface area contributed by atoms with Crippen LogP contribution >= 0.6 is 0 Å². The Bertz CT molecular complexity index is 870. The topological polar surface area (TPSA) is 80.5 Å². The van der Waals surface area contributed by atoms with Gasteiger partial charge in [0.1, 0.15) is 0 Å². The van der Waals surface area contributed by atoms with Crippen LogP contribution in [0.2, 0.25) is 0 Å². The van der Waals surface area contributed by atoms with Gasteiger partial charge in [-0.25, -0.2) is 13.6 Å². The zero-order valence-electron chi connectivity index (χ0n) is 14.9. The average molecular weight is 372 g/mol. The second-order valence-corrected chi connectivity index (χ2v) is 8.49. The second-order valence-electron chi connectivity index (χ2n) is 6.93. The van der Waals surface area contributed by atoms with Gasteiger partial charge < -0.3 is 4.90 Å². The highest BCUT2D eigenvalue weighted by atomic mass is 32.2. The number of sulfonamides is 1. The van der Waals surface area contributed by atoms with Gasteiger partial charge in [0.05, 0.1) is 4.90 Å². The summed E-state index contributed by atoms with van der Waals surface area (Å²) in [5.41, 5.74) is 3.28. The zero-order valence-corrected chi connectivity index (χ0v) is 15.7. The summed E-state index contributed by atoms with van der Waals surface area (Å²) in [6.45, 7) is 2.70. The van der Waals surface area contributed by atoms with Gasteiger partial charge in [-0.05, 0) is 49.4 Å². The Kier molecular flexibility index (Phi) is 5.44. The van der Waals surface area contributed by atoms with E-state index in [0.29, 0.717) is 25.4 Å². The molecular weight excluding hydrogens is 348 g/mol. The summed E-state index contributed by atoms with van der Waals surface area (Å²) in [4.78, 5) is 14.8. The van der Waals surface area contributed by atoms with Crippen LogP contribution < -0.4 is 5.14 Å². The van der Waals surface area contributed by atoms with Crippen molar-refractivity contribution < 1.29 is 13.2 Å². The molecule has 1 fully saturated rings. The van der Waals surface area contributed by atoms with Crippen LogP contribution in [0.5, 0.6) is 0 Å². The number of rotatable bonds is 7. The molecule has 5 nitrogen and oxygen atoms in total. The second kappa shape index (κ2) is 7.60. The molecule has 0 saturated heterocycles. The highest BCUT2D eigenvalue weighted by Crippen LogP contribution is 2.29. The SMILES string of the molecule is Cc1ccc(CN(C(=O)CCc2ccc(S(N)(=O)=O)cc2)C2CC2)cc1. The van der Waals surface area contributed by atoms with Crippen LogP contribution in [0.3, 0.4) is 0 Å². The van der Waals surface area contributed by atoms with E-state index in [9.17, 15) is 13.2 Å². The molecule has 0 bridgehead atoms. The summed E-state index contributed by atoms with van der Waals surface area (Å²) in [6, 6.07) is 15.0. The van der Waals surface area contributed by atoms with Gasteiger partial charge in [-0.1, -0.05) is 42.0 Å². The summed E-state index contributed by atoms with van der Waals surface area (Å²) in [6.07, 6.45) is 3.14. The first-order valence-corrected chi connectivity index (χ1v) is 10.3. The maximum atomic E-state index is 12.7. The first kappa shape index (κ1) is 18.6. The van der Waals surface area contributed by atoms with Gasteiger partial charge in [-0.2, -0.15) is 0 Å². The predicted molar refractivity (Wildman–Crippen MR) is 101 cm³/mol. The van der Waals surface area contributed by atoms with Crippen LogP contribution in [0.4, 0.5) is 0 Å². The highest BCUT2D eigenvalue weighted by Gasteiger charge is 2.32. The predicted octanol–water partition coefficient (Wildman–Crippen LogP) is 2.77. The van der Waals surface area contributed by atoms with E-state index in [0.717, 1.165) is 24.0 Å². The summed E-state index contributed by atoms with van der Waals surface area (Å²) in [7, 11) is -3.68. The van der Waals surface area contributed by atoms with Crippen molar-refractivity contribution in [3.8, 4) is 0 Å². The molecule has 0 heterocycles. The minimum absolute atomic E-state index is 0.0894. The van der Waals surface area contributed by atoms with E-state index in [1.54, 1.807) is 12.1 Å². The molecule has 0 radical (unpaired) electrons. The monoisotopic (exact) mass is 372 g/mol. The van der Waals surface area contributed by atoms with Crippen molar-refractivity contribution in [2.45, 2.75) is 50.1 Å². The molecule has 0 spiro atoms. The van der Waals surface area contributed by atoms with Crippen molar-refractivity contribution >= 4 is 15.9 Å². The van der Waals surface area contributed by atoms with Gasteiger partial charge in [-0.3, -0.25) is 4.79 Å². The molecule has 0 aromatic heterocycles. The molecule has 0 atom stereocenters. The molecule has 0 unspecified atom stereocenters. The van der Waals surface area contributed by atoms with Gasteiger partial charge in [0.2, 0.25) is 15.9 Å². The Morgan fingerprint density at radius 1 is 1.04 bits per heavy atom. The van der Waals surface area contributed by atoms with Crippen molar-refractivity contribution in [3.05, 3.63) is 65.2 Å². The molecule has 2 aromatic carbocycles. The van der Waals surface area contributed by atoms with Crippen LogP contribution in [0.1, 0.15) is 36.0 Å². The normalized spacial score (nSPS) is 14.2. The minimum Gasteiger partial charge on any atom is -0.335 e. The summed E-state index contributed by atoms with van der Waals surface area (Å²) in [5, 5.41) is 5.10. The molecule has 26 heavy (non-hydrogen) atoms. The zero-order chi connectivity index (χ0) is 18.7. The molecular formula is C20H24N2O3S. The van der Waals surface area contributed by atoms with Crippen molar-refractivity contribution in [2.24, 2.45) is 5.14 Å². The van der Waals surface area contributed by atoms with E-state index in [1.807, 2.05) is 4.90 Å². The van der Waals surface area contributed by atoms with Crippen LogP contribution in [0, 0.1) is 6.92 Å². The molecule has 0 aliphatic heterocycles. The number of hydrogen-bond acceptors (Lipinski definition) is 3. The summed E-state index contributed by atoms with van der Waals surface area (Å²) >= 11 is 0. The quantitative estimate of drug-likeness (QED) is 0.811. The van der Waals surface area contributed by atoms with Crippen LogP contribution in [-0.4, -0.2) is 25.3 Å². The fraction of sp³-hybridized carbons (Fsp3) is 0.350. The van der Waals surface area contributed by atoms with Gasteiger partial charge >= 0.3 is 0 Å². The van der Waals surface area contributed by atoms with Crippen molar-refractivity contribution in [1.29, 1.82) is 0 Å². The molecule has 1 amide bonds. The van der Waals surface area contributed by atoms with Gasteiger partial charge in [0.25, 0.3) is 0 Å². The standard InChI is InChI=1S/C20H24N2O3S/c1-15-2-4-17(5-3-15)14-22(18-9-10-18)20(23)13-8-16-6-11-19(12-7-16)26(21,24)25/h2-7,11-12,18H,8-10,13-14H2,1H3,(H2,21,24,25). The summed E-state index contributed by atoms with van der Waals surface area (Å²) in [5.74, 6) is 0.142. The van der Waals surface area contributed by atoms with E-state index < -0.39 is 10.0 Å². The van der Waals surface area contributed by atoms with Crippen molar-refractivity contribution in [1.82, 2.24) is 4.90 Å². The van der Waals surface area contributed by atoms with Gasteiger partial charge in [0, 0.05) is 19.0 Å². The first-order valence-electron chi connectivity index (χ1n) is 8.80. The smallest absolute Gasteiger partial charge is 0.238 e. The number of benzene rings is 2. The third kappa shape index (κ3) is 4.93. The van der Waals surface area contributed by atoms with Crippen LogP contribution in [0.25, 0.3) is 0 Å². The number of amides is 1. The third-order valence-corrected chi connectivity index (χ3v) is 5.59. The molecule has 6 heteroatoms. The number of carbonyl (C=O) groups is 1. The number of aryl methyl sites for hydroxylation is 2. The average Bonchev–Trinajstić information content (AvgIpc) is 3.43. The maximum Gasteiger partial charge on any atom is 0.238 e. The largest absolute Gasteiger partial charge is 0.335 e. The number of nitrogens with two attached hydrogens (primary N) is 1. The Balaban J connectivity index is 1.60. The highest BCUT2D eigenvalue weighted by molar-refractivity contribution is 7.89. The molecule has 3 rings (SSSR count). The van der Waals surface area contributed by atoms with Crippen LogP contribution in [0.15, 0.2) is 53.4 Å². The molecule has 1 aliphatic rings. The van der Waals surface area contributed by atoms with E-state index >= 15 is 0 Å². The lowest BCUT2D eigenvalue weighted by atomic mass is 10.1. The lowest BCUT2D eigenvalue weighted by Gasteiger charge is -2.23. The number of carbonyl (C=O) groups excluding carboxylic acids is 1. The van der Waals surface area contributed by atoms with Gasteiger partial charge in [-0.15, -0.1) is 0 Å². The fourth-order valence-corrected chi connectivity index (χ4v) is 3.45. The Morgan fingerprint density at radius 3 is 2.15 bits per heavy atom. The maximum absolute atomic E-state index is 12.7. The number of nitrogens with zero attached hydrogens (tertiary/aromatic N) is 1. The van der Waals surface area contributed by atoms with Crippen molar-refractivity contribution in [2.75, 3.05) is 0 Å². The fourth-order valence-electron chi connectivity index (χ4n) is 2.94. The Labute approximate surface area is 154 Å². The molecule has 2 aromatic rings. The molecule has 1 saturated carbocycles.